The molecule has 0 unspecified atom stereocenters. The fraction of sp³-hybridized carbons (Fsp3) is 0. The predicted molar refractivity (Wildman–Crippen MR) is 135 cm³/mol. The van der Waals surface area contributed by atoms with Crippen LogP contribution in [0.1, 0.15) is 0 Å². The third-order valence-corrected chi connectivity index (χ3v) is 6.38. The molecular formula is C30H19Cl. The maximum atomic E-state index is 6.84. The van der Waals surface area contributed by atoms with Crippen LogP contribution in [0, 0.1) is 0 Å². The van der Waals surface area contributed by atoms with Crippen molar-refractivity contribution in [3.63, 3.8) is 0 Å². The molecule has 0 fully saturated rings. The van der Waals surface area contributed by atoms with Gasteiger partial charge in [-0.2, -0.15) is 0 Å². The molecule has 6 aromatic rings. The molecule has 0 nitrogen and oxygen atoms in total. The Morgan fingerprint density at radius 1 is 0.355 bits per heavy atom. The van der Waals surface area contributed by atoms with Crippen molar-refractivity contribution in [3.05, 3.63) is 120 Å². The molecule has 0 aliphatic rings. The van der Waals surface area contributed by atoms with E-state index >= 15 is 0 Å². The van der Waals surface area contributed by atoms with E-state index in [1.807, 2.05) is 0 Å². The summed E-state index contributed by atoms with van der Waals surface area (Å²) < 4.78 is 0. The van der Waals surface area contributed by atoms with Gasteiger partial charge in [-0.05, 0) is 79.3 Å². The van der Waals surface area contributed by atoms with Gasteiger partial charge in [-0.1, -0.05) is 96.5 Å². The van der Waals surface area contributed by atoms with Crippen molar-refractivity contribution < 1.29 is 0 Å². The monoisotopic (exact) mass is 414 g/mol. The van der Waals surface area contributed by atoms with Gasteiger partial charge in [0.15, 0.2) is 0 Å². The van der Waals surface area contributed by atoms with Crippen molar-refractivity contribution in [2.45, 2.75) is 0 Å². The number of rotatable bonds is 2. The first-order valence-electron chi connectivity index (χ1n) is 10.5. The number of hydrogen-bond acceptors (Lipinski definition) is 0. The van der Waals surface area contributed by atoms with Crippen LogP contribution in [0.15, 0.2) is 115 Å². The molecule has 0 heterocycles. The lowest BCUT2D eigenvalue weighted by Crippen LogP contribution is -1.89. The molecule has 31 heavy (non-hydrogen) atoms. The highest BCUT2D eigenvalue weighted by Gasteiger charge is 2.14. The Morgan fingerprint density at radius 3 is 1.42 bits per heavy atom. The lowest BCUT2D eigenvalue weighted by molar-refractivity contribution is 1.63. The third kappa shape index (κ3) is 3.17. The molecule has 0 saturated heterocycles. The van der Waals surface area contributed by atoms with Crippen molar-refractivity contribution in [1.29, 1.82) is 0 Å². The fourth-order valence-electron chi connectivity index (χ4n) is 4.48. The number of benzene rings is 6. The number of halogens is 1. The van der Waals surface area contributed by atoms with Crippen LogP contribution in [-0.2, 0) is 0 Å². The van der Waals surface area contributed by atoms with Gasteiger partial charge in [-0.15, -0.1) is 0 Å². The highest BCUT2D eigenvalue weighted by Crippen LogP contribution is 2.41. The predicted octanol–water partition coefficient (Wildman–Crippen LogP) is 9.13. The van der Waals surface area contributed by atoms with E-state index in [0.717, 1.165) is 21.5 Å². The largest absolute Gasteiger partial charge is 0.0836 e. The van der Waals surface area contributed by atoms with Gasteiger partial charge >= 0.3 is 0 Å². The normalized spacial score (nSPS) is 11.4. The Bertz CT molecular complexity index is 1590. The van der Waals surface area contributed by atoms with Crippen LogP contribution in [-0.4, -0.2) is 0 Å². The summed E-state index contributed by atoms with van der Waals surface area (Å²) in [5, 5.41) is 8.05. The van der Waals surface area contributed by atoms with Crippen molar-refractivity contribution in [2.24, 2.45) is 0 Å². The smallest absolute Gasteiger partial charge is 0.0491 e. The maximum absolute atomic E-state index is 6.84. The van der Waals surface area contributed by atoms with Crippen LogP contribution in [0.25, 0.3) is 54.6 Å². The van der Waals surface area contributed by atoms with Crippen LogP contribution in [0.5, 0.6) is 0 Å². The van der Waals surface area contributed by atoms with Crippen LogP contribution >= 0.6 is 11.6 Å². The first-order valence-corrected chi connectivity index (χ1v) is 10.8. The molecule has 0 amide bonds. The van der Waals surface area contributed by atoms with E-state index in [2.05, 4.69) is 115 Å². The molecule has 0 atom stereocenters. The summed E-state index contributed by atoms with van der Waals surface area (Å²) in [6.45, 7) is 0. The van der Waals surface area contributed by atoms with E-state index in [1.165, 1.54) is 38.1 Å². The highest BCUT2D eigenvalue weighted by atomic mass is 35.5. The molecule has 146 valence electrons. The van der Waals surface area contributed by atoms with E-state index in [1.54, 1.807) is 0 Å². The third-order valence-electron chi connectivity index (χ3n) is 6.07. The zero-order valence-corrected chi connectivity index (χ0v) is 17.6. The number of hydrogen-bond donors (Lipinski definition) is 0. The lowest BCUT2D eigenvalue weighted by atomic mass is 9.89. The molecule has 0 bridgehead atoms. The minimum atomic E-state index is 0.774. The van der Waals surface area contributed by atoms with E-state index in [0.29, 0.717) is 0 Å². The Hall–Kier alpha value is -3.61. The van der Waals surface area contributed by atoms with Crippen LogP contribution in [0.2, 0.25) is 5.02 Å². The maximum Gasteiger partial charge on any atom is 0.0491 e. The van der Waals surface area contributed by atoms with Crippen molar-refractivity contribution in [2.75, 3.05) is 0 Å². The lowest BCUT2D eigenvalue weighted by Gasteiger charge is -2.15. The van der Waals surface area contributed by atoms with Crippen LogP contribution < -0.4 is 0 Å². The fourth-order valence-corrected chi connectivity index (χ4v) is 4.75. The molecule has 0 N–H and O–H groups in total. The first-order chi connectivity index (χ1) is 15.3. The Morgan fingerprint density at radius 2 is 0.806 bits per heavy atom. The average molecular weight is 415 g/mol. The molecule has 0 radical (unpaired) electrons. The van der Waals surface area contributed by atoms with Gasteiger partial charge in [0.25, 0.3) is 0 Å². The van der Waals surface area contributed by atoms with E-state index in [-0.39, 0.29) is 0 Å². The zero-order chi connectivity index (χ0) is 20.8. The summed E-state index contributed by atoms with van der Waals surface area (Å²) in [6.07, 6.45) is 0. The molecule has 0 spiro atoms. The Labute approximate surface area is 186 Å². The minimum absolute atomic E-state index is 0.774. The molecular weight excluding hydrogens is 396 g/mol. The minimum Gasteiger partial charge on any atom is -0.0836 e. The second-order valence-electron chi connectivity index (χ2n) is 7.99. The molecule has 0 aliphatic carbocycles. The summed E-state index contributed by atoms with van der Waals surface area (Å²) in [5.74, 6) is 0. The van der Waals surface area contributed by atoms with Gasteiger partial charge in [-0.3, -0.25) is 0 Å². The van der Waals surface area contributed by atoms with Crippen molar-refractivity contribution >= 4 is 43.9 Å². The topological polar surface area (TPSA) is 0 Å². The summed E-state index contributed by atoms with van der Waals surface area (Å²) in [6, 6.07) is 40.9. The molecule has 0 aliphatic heterocycles. The van der Waals surface area contributed by atoms with Gasteiger partial charge in [0.2, 0.25) is 0 Å². The van der Waals surface area contributed by atoms with Gasteiger partial charge < -0.3 is 0 Å². The summed E-state index contributed by atoms with van der Waals surface area (Å²) in [7, 11) is 0. The van der Waals surface area contributed by atoms with Gasteiger partial charge in [0.05, 0.1) is 0 Å². The molecule has 1 heteroatoms. The molecule has 0 saturated carbocycles. The van der Waals surface area contributed by atoms with Gasteiger partial charge in [0, 0.05) is 10.6 Å². The Kier molecular flexibility index (Phi) is 4.26. The van der Waals surface area contributed by atoms with Gasteiger partial charge in [0.1, 0.15) is 0 Å². The van der Waals surface area contributed by atoms with E-state index in [4.69, 9.17) is 11.6 Å². The highest BCUT2D eigenvalue weighted by molar-refractivity contribution is 6.34. The van der Waals surface area contributed by atoms with E-state index in [9.17, 15) is 0 Å². The number of fused-ring (bicyclic) bond motifs is 3. The van der Waals surface area contributed by atoms with Gasteiger partial charge in [-0.25, -0.2) is 0 Å². The summed E-state index contributed by atoms with van der Waals surface area (Å²) in [4.78, 5) is 0. The summed E-state index contributed by atoms with van der Waals surface area (Å²) in [5.41, 5.74) is 4.62. The molecule has 6 rings (SSSR count). The SMILES string of the molecule is Clc1cc2ccccc2cc1-c1cc2ccccc2cc1-c1ccc2ccccc2c1. The second kappa shape index (κ2) is 7.27. The summed E-state index contributed by atoms with van der Waals surface area (Å²) >= 11 is 6.84. The zero-order valence-electron chi connectivity index (χ0n) is 16.8. The Balaban J connectivity index is 1.67. The molecule has 6 aromatic carbocycles. The average Bonchev–Trinajstić information content (AvgIpc) is 2.82. The van der Waals surface area contributed by atoms with Crippen LogP contribution in [0.3, 0.4) is 0 Å². The van der Waals surface area contributed by atoms with Crippen molar-refractivity contribution in [1.82, 2.24) is 0 Å². The quantitative estimate of drug-likeness (QED) is 0.265. The van der Waals surface area contributed by atoms with Crippen molar-refractivity contribution in [3.8, 4) is 22.3 Å². The molecule has 0 aromatic heterocycles. The van der Waals surface area contributed by atoms with E-state index < -0.39 is 0 Å². The second-order valence-corrected chi connectivity index (χ2v) is 8.39. The van der Waals surface area contributed by atoms with Crippen LogP contribution in [0.4, 0.5) is 0 Å². The standard InChI is InChI=1S/C30H19Cl/c31-30-19-25-12-6-5-11-24(25)18-29(30)28-17-23-10-4-3-9-22(23)16-27(28)26-14-13-20-7-1-2-8-21(20)15-26/h1-19H. The first kappa shape index (κ1) is 18.2.